The highest BCUT2D eigenvalue weighted by molar-refractivity contribution is 5.36. The SMILES string of the molecule is CCCCOCC(O)COc1ccc([C@H](C)O)cc1C. The predicted octanol–water partition coefficient (Wildman–Crippen LogP) is 2.60. The van der Waals surface area contributed by atoms with Crippen molar-refractivity contribution in [1.29, 1.82) is 0 Å². The molecule has 0 aliphatic carbocycles. The maximum atomic E-state index is 9.75. The zero-order valence-electron chi connectivity index (χ0n) is 12.6. The summed E-state index contributed by atoms with van der Waals surface area (Å²) < 4.78 is 10.9. The first kappa shape index (κ1) is 17.0. The Labute approximate surface area is 121 Å². The smallest absolute Gasteiger partial charge is 0.122 e. The van der Waals surface area contributed by atoms with Crippen molar-refractivity contribution < 1.29 is 19.7 Å². The normalized spacial score (nSPS) is 14.1. The first-order chi connectivity index (χ1) is 9.54. The molecule has 0 saturated carbocycles. The van der Waals surface area contributed by atoms with E-state index in [9.17, 15) is 10.2 Å². The van der Waals surface area contributed by atoms with Gasteiger partial charge in [0, 0.05) is 6.61 Å². The molecule has 0 aromatic heterocycles. The number of unbranched alkanes of at least 4 members (excludes halogenated alkanes) is 1. The van der Waals surface area contributed by atoms with Gasteiger partial charge in [0.25, 0.3) is 0 Å². The van der Waals surface area contributed by atoms with Crippen molar-refractivity contribution in [3.8, 4) is 5.75 Å². The van der Waals surface area contributed by atoms with Crippen molar-refractivity contribution in [1.82, 2.24) is 0 Å². The molecule has 0 saturated heterocycles. The Kier molecular flexibility index (Phi) is 7.59. The minimum Gasteiger partial charge on any atom is -0.491 e. The van der Waals surface area contributed by atoms with Crippen LogP contribution < -0.4 is 4.74 Å². The van der Waals surface area contributed by atoms with E-state index in [1.165, 1.54) is 0 Å². The first-order valence-corrected chi connectivity index (χ1v) is 7.21. The second kappa shape index (κ2) is 8.95. The van der Waals surface area contributed by atoms with Gasteiger partial charge in [0.1, 0.15) is 18.5 Å². The van der Waals surface area contributed by atoms with Crippen LogP contribution in [0.4, 0.5) is 0 Å². The largest absolute Gasteiger partial charge is 0.491 e. The van der Waals surface area contributed by atoms with Crippen molar-refractivity contribution in [2.45, 2.75) is 45.8 Å². The highest BCUT2D eigenvalue weighted by Gasteiger charge is 2.08. The minimum absolute atomic E-state index is 0.209. The van der Waals surface area contributed by atoms with E-state index in [2.05, 4.69) is 6.92 Å². The average molecular weight is 282 g/mol. The van der Waals surface area contributed by atoms with Gasteiger partial charge in [-0.2, -0.15) is 0 Å². The van der Waals surface area contributed by atoms with E-state index in [0.29, 0.717) is 13.2 Å². The van der Waals surface area contributed by atoms with E-state index >= 15 is 0 Å². The van der Waals surface area contributed by atoms with Crippen LogP contribution in [0.25, 0.3) is 0 Å². The Bertz CT molecular complexity index is 390. The topological polar surface area (TPSA) is 58.9 Å². The van der Waals surface area contributed by atoms with Gasteiger partial charge in [0.2, 0.25) is 0 Å². The quantitative estimate of drug-likeness (QED) is 0.684. The number of aliphatic hydroxyl groups is 2. The zero-order chi connectivity index (χ0) is 15.0. The molecule has 0 radical (unpaired) electrons. The summed E-state index contributed by atoms with van der Waals surface area (Å²) in [6.45, 7) is 6.93. The molecular weight excluding hydrogens is 256 g/mol. The highest BCUT2D eigenvalue weighted by atomic mass is 16.5. The number of aliphatic hydroxyl groups excluding tert-OH is 2. The van der Waals surface area contributed by atoms with Crippen molar-refractivity contribution >= 4 is 0 Å². The van der Waals surface area contributed by atoms with Gasteiger partial charge in [-0.25, -0.2) is 0 Å². The molecule has 114 valence electrons. The summed E-state index contributed by atoms with van der Waals surface area (Å²) >= 11 is 0. The van der Waals surface area contributed by atoms with E-state index in [-0.39, 0.29) is 6.61 Å². The van der Waals surface area contributed by atoms with Gasteiger partial charge in [-0.1, -0.05) is 19.4 Å². The summed E-state index contributed by atoms with van der Waals surface area (Å²) in [5, 5.41) is 19.3. The van der Waals surface area contributed by atoms with Crippen LogP contribution in [0.2, 0.25) is 0 Å². The number of rotatable bonds is 9. The zero-order valence-corrected chi connectivity index (χ0v) is 12.6. The van der Waals surface area contributed by atoms with E-state index in [1.54, 1.807) is 6.92 Å². The number of hydrogen-bond donors (Lipinski definition) is 2. The van der Waals surface area contributed by atoms with Gasteiger partial charge < -0.3 is 19.7 Å². The lowest BCUT2D eigenvalue weighted by Crippen LogP contribution is -2.23. The number of aryl methyl sites for hydroxylation is 1. The molecule has 1 aromatic carbocycles. The molecule has 1 rings (SSSR count). The fraction of sp³-hybridized carbons (Fsp3) is 0.625. The van der Waals surface area contributed by atoms with Crippen molar-refractivity contribution in [2.75, 3.05) is 19.8 Å². The standard InChI is InChI=1S/C16H26O4/c1-4-5-8-19-10-15(18)11-20-16-7-6-14(13(3)17)9-12(16)2/h6-7,9,13,15,17-18H,4-5,8,10-11H2,1-3H3/t13-,15?/m0/s1. The number of hydrogen-bond acceptors (Lipinski definition) is 4. The molecule has 2 atom stereocenters. The lowest BCUT2D eigenvalue weighted by Gasteiger charge is -2.15. The Morgan fingerprint density at radius 3 is 2.55 bits per heavy atom. The second-order valence-electron chi connectivity index (χ2n) is 5.09. The van der Waals surface area contributed by atoms with Crippen molar-refractivity contribution in [3.63, 3.8) is 0 Å². The van der Waals surface area contributed by atoms with Crippen LogP contribution in [0.5, 0.6) is 5.75 Å². The molecule has 4 nitrogen and oxygen atoms in total. The Balaban J connectivity index is 2.37. The summed E-state index contributed by atoms with van der Waals surface area (Å²) in [7, 11) is 0. The lowest BCUT2D eigenvalue weighted by atomic mass is 10.1. The summed E-state index contributed by atoms with van der Waals surface area (Å²) in [5.41, 5.74) is 1.81. The fourth-order valence-corrected chi connectivity index (χ4v) is 1.79. The van der Waals surface area contributed by atoms with Crippen LogP contribution in [0, 0.1) is 6.92 Å². The lowest BCUT2D eigenvalue weighted by molar-refractivity contribution is 0.0112. The third kappa shape index (κ3) is 5.90. The van der Waals surface area contributed by atoms with Crippen LogP contribution >= 0.6 is 0 Å². The maximum Gasteiger partial charge on any atom is 0.122 e. The average Bonchev–Trinajstić information content (AvgIpc) is 2.42. The van der Waals surface area contributed by atoms with Gasteiger partial charge in [0.15, 0.2) is 0 Å². The summed E-state index contributed by atoms with van der Waals surface area (Å²) in [6, 6.07) is 5.54. The number of benzene rings is 1. The molecule has 0 aliphatic heterocycles. The van der Waals surface area contributed by atoms with Crippen LogP contribution in [0.15, 0.2) is 18.2 Å². The fourth-order valence-electron chi connectivity index (χ4n) is 1.79. The van der Waals surface area contributed by atoms with Crippen LogP contribution in [-0.4, -0.2) is 36.1 Å². The first-order valence-electron chi connectivity index (χ1n) is 7.21. The molecule has 0 amide bonds. The van der Waals surface area contributed by atoms with Gasteiger partial charge in [-0.05, 0) is 43.5 Å². The summed E-state index contributed by atoms with van der Waals surface area (Å²) in [5.74, 6) is 0.724. The molecule has 0 heterocycles. The van der Waals surface area contributed by atoms with Crippen LogP contribution in [-0.2, 0) is 4.74 Å². The van der Waals surface area contributed by atoms with E-state index < -0.39 is 12.2 Å². The molecule has 0 bridgehead atoms. The monoisotopic (exact) mass is 282 g/mol. The third-order valence-corrected chi connectivity index (χ3v) is 3.07. The van der Waals surface area contributed by atoms with Crippen LogP contribution in [0.1, 0.15) is 43.9 Å². The minimum atomic E-state index is -0.623. The van der Waals surface area contributed by atoms with E-state index in [4.69, 9.17) is 9.47 Å². The Morgan fingerprint density at radius 1 is 1.20 bits per heavy atom. The molecule has 0 spiro atoms. The van der Waals surface area contributed by atoms with Gasteiger partial charge >= 0.3 is 0 Å². The maximum absolute atomic E-state index is 9.75. The molecule has 0 aliphatic rings. The number of ether oxygens (including phenoxy) is 2. The van der Waals surface area contributed by atoms with E-state index in [1.807, 2.05) is 25.1 Å². The third-order valence-electron chi connectivity index (χ3n) is 3.07. The molecule has 20 heavy (non-hydrogen) atoms. The van der Waals surface area contributed by atoms with Gasteiger partial charge in [-0.3, -0.25) is 0 Å². The molecule has 2 N–H and O–H groups in total. The molecule has 1 unspecified atom stereocenters. The molecule has 1 aromatic rings. The molecule has 4 heteroatoms. The van der Waals surface area contributed by atoms with Gasteiger partial charge in [-0.15, -0.1) is 0 Å². The summed E-state index contributed by atoms with van der Waals surface area (Å²) in [4.78, 5) is 0. The highest BCUT2D eigenvalue weighted by Crippen LogP contribution is 2.22. The second-order valence-corrected chi connectivity index (χ2v) is 5.09. The van der Waals surface area contributed by atoms with E-state index in [0.717, 1.165) is 29.7 Å². The Hall–Kier alpha value is -1.10. The Morgan fingerprint density at radius 2 is 1.95 bits per heavy atom. The van der Waals surface area contributed by atoms with Gasteiger partial charge in [0.05, 0.1) is 12.7 Å². The van der Waals surface area contributed by atoms with Crippen molar-refractivity contribution in [2.24, 2.45) is 0 Å². The summed E-state index contributed by atoms with van der Waals surface area (Å²) in [6.07, 6.45) is 0.984. The van der Waals surface area contributed by atoms with Crippen LogP contribution in [0.3, 0.4) is 0 Å². The predicted molar refractivity (Wildman–Crippen MR) is 79.0 cm³/mol. The molecular formula is C16H26O4. The van der Waals surface area contributed by atoms with Crippen molar-refractivity contribution in [3.05, 3.63) is 29.3 Å². The molecule has 0 fully saturated rings.